The third-order valence-corrected chi connectivity index (χ3v) is 4.04. The highest BCUT2D eigenvalue weighted by atomic mass is 16.3. The van der Waals surface area contributed by atoms with Crippen molar-refractivity contribution in [3.8, 4) is 11.9 Å². The minimum absolute atomic E-state index is 0.00950. The second kappa shape index (κ2) is 6.01. The molecule has 1 heterocycles. The molecular formula is C19H15N3O2. The van der Waals surface area contributed by atoms with Gasteiger partial charge in [-0.2, -0.15) is 5.26 Å². The van der Waals surface area contributed by atoms with Crippen molar-refractivity contribution in [2.75, 3.05) is 0 Å². The molecule has 0 fully saturated rings. The smallest absolute Gasteiger partial charge is 0.271 e. The first-order chi connectivity index (χ1) is 11.5. The average Bonchev–Trinajstić information content (AvgIpc) is 2.60. The van der Waals surface area contributed by atoms with E-state index < -0.39 is 5.56 Å². The van der Waals surface area contributed by atoms with Crippen molar-refractivity contribution in [2.45, 2.75) is 6.92 Å². The molecule has 0 aliphatic rings. The summed E-state index contributed by atoms with van der Waals surface area (Å²) in [7, 11) is 1.42. The zero-order valence-electron chi connectivity index (χ0n) is 13.3. The van der Waals surface area contributed by atoms with E-state index in [4.69, 9.17) is 5.26 Å². The van der Waals surface area contributed by atoms with Crippen LogP contribution in [0.3, 0.4) is 0 Å². The molecule has 1 N–H and O–H groups in total. The van der Waals surface area contributed by atoms with Gasteiger partial charge in [0.05, 0.1) is 11.3 Å². The maximum Gasteiger partial charge on any atom is 0.271 e. The number of aromatic nitrogens is 1. The molecule has 0 aliphatic carbocycles. The van der Waals surface area contributed by atoms with Crippen LogP contribution >= 0.6 is 0 Å². The van der Waals surface area contributed by atoms with E-state index in [9.17, 15) is 9.90 Å². The molecule has 1 aromatic heterocycles. The number of hydrogen-bond acceptors (Lipinski definition) is 4. The highest BCUT2D eigenvalue weighted by Crippen LogP contribution is 2.23. The SMILES string of the molecule is Cc1c(C=Nc2ccc3ccccc3c2)c(O)n(C)c(=O)c1C#N. The van der Waals surface area contributed by atoms with E-state index in [1.807, 2.05) is 48.5 Å². The summed E-state index contributed by atoms with van der Waals surface area (Å²) >= 11 is 0. The predicted molar refractivity (Wildman–Crippen MR) is 94.0 cm³/mol. The van der Waals surface area contributed by atoms with Gasteiger partial charge in [0.1, 0.15) is 11.6 Å². The molecule has 5 nitrogen and oxygen atoms in total. The van der Waals surface area contributed by atoms with E-state index in [2.05, 4.69) is 4.99 Å². The molecule has 0 saturated carbocycles. The Hall–Kier alpha value is -3.39. The number of fused-ring (bicyclic) bond motifs is 1. The van der Waals surface area contributed by atoms with Crippen LogP contribution in [-0.4, -0.2) is 15.9 Å². The molecule has 0 unspecified atom stereocenters. The Morgan fingerprint density at radius 2 is 1.92 bits per heavy atom. The molecule has 5 heteroatoms. The summed E-state index contributed by atoms with van der Waals surface area (Å²) in [4.78, 5) is 16.3. The van der Waals surface area contributed by atoms with Crippen molar-refractivity contribution in [3.63, 3.8) is 0 Å². The fourth-order valence-corrected chi connectivity index (χ4v) is 2.59. The van der Waals surface area contributed by atoms with Gasteiger partial charge in [-0.25, -0.2) is 0 Å². The van der Waals surface area contributed by atoms with Crippen LogP contribution in [0.5, 0.6) is 5.88 Å². The van der Waals surface area contributed by atoms with Gasteiger partial charge in [-0.05, 0) is 35.4 Å². The van der Waals surface area contributed by atoms with Gasteiger partial charge < -0.3 is 5.11 Å². The standard InChI is InChI=1S/C19H15N3O2/c1-12-16(10-20)18(23)22(2)19(24)17(12)11-21-15-8-7-13-5-3-4-6-14(13)9-15/h3-9,11,24H,1-2H3. The Labute approximate surface area is 138 Å². The summed E-state index contributed by atoms with van der Waals surface area (Å²) in [5, 5.41) is 21.5. The molecule has 24 heavy (non-hydrogen) atoms. The first-order valence-corrected chi connectivity index (χ1v) is 7.38. The molecule has 0 spiro atoms. The lowest BCUT2D eigenvalue weighted by atomic mass is 10.1. The van der Waals surface area contributed by atoms with Crippen molar-refractivity contribution in [1.82, 2.24) is 4.57 Å². The van der Waals surface area contributed by atoms with Gasteiger partial charge in [0.25, 0.3) is 5.56 Å². The minimum atomic E-state index is -0.518. The normalized spacial score (nSPS) is 11.0. The third kappa shape index (κ3) is 2.55. The lowest BCUT2D eigenvalue weighted by Crippen LogP contribution is -2.22. The van der Waals surface area contributed by atoms with E-state index in [0.29, 0.717) is 11.1 Å². The van der Waals surface area contributed by atoms with Crippen LogP contribution in [0, 0.1) is 18.3 Å². The maximum absolute atomic E-state index is 12.0. The summed E-state index contributed by atoms with van der Waals surface area (Å²) in [6.07, 6.45) is 1.48. The summed E-state index contributed by atoms with van der Waals surface area (Å²) in [6, 6.07) is 15.6. The molecular weight excluding hydrogens is 302 g/mol. The molecule has 0 atom stereocenters. The largest absolute Gasteiger partial charge is 0.494 e. The Morgan fingerprint density at radius 1 is 1.21 bits per heavy atom. The molecule has 0 amide bonds. The highest BCUT2D eigenvalue weighted by molar-refractivity contribution is 5.90. The van der Waals surface area contributed by atoms with Crippen LogP contribution in [0.2, 0.25) is 0 Å². The second-order valence-electron chi connectivity index (χ2n) is 5.50. The van der Waals surface area contributed by atoms with Crippen molar-refractivity contribution in [2.24, 2.45) is 12.0 Å². The van der Waals surface area contributed by atoms with E-state index >= 15 is 0 Å². The van der Waals surface area contributed by atoms with E-state index in [1.54, 1.807) is 6.92 Å². The van der Waals surface area contributed by atoms with Crippen LogP contribution in [-0.2, 0) is 7.05 Å². The number of aromatic hydroxyl groups is 1. The molecule has 0 saturated heterocycles. The zero-order chi connectivity index (χ0) is 17.3. The van der Waals surface area contributed by atoms with Gasteiger partial charge in [-0.3, -0.25) is 14.4 Å². The van der Waals surface area contributed by atoms with E-state index in [-0.39, 0.29) is 11.4 Å². The number of rotatable bonds is 2. The average molecular weight is 317 g/mol. The number of hydrogen-bond donors (Lipinski definition) is 1. The van der Waals surface area contributed by atoms with E-state index in [1.165, 1.54) is 13.3 Å². The predicted octanol–water partition coefficient (Wildman–Crippen LogP) is 3.17. The first kappa shape index (κ1) is 15.5. The van der Waals surface area contributed by atoms with Crippen molar-refractivity contribution < 1.29 is 5.11 Å². The summed E-state index contributed by atoms with van der Waals surface area (Å²) in [5.41, 5.74) is 0.995. The summed E-state index contributed by atoms with van der Waals surface area (Å²) in [5.74, 6) is -0.207. The van der Waals surface area contributed by atoms with Crippen LogP contribution in [0.1, 0.15) is 16.7 Å². The topological polar surface area (TPSA) is 78.4 Å². The molecule has 0 bridgehead atoms. The van der Waals surface area contributed by atoms with Gasteiger partial charge in [0, 0.05) is 13.3 Å². The quantitative estimate of drug-likeness (QED) is 0.737. The number of nitriles is 1. The molecule has 3 aromatic rings. The van der Waals surface area contributed by atoms with Gasteiger partial charge >= 0.3 is 0 Å². The van der Waals surface area contributed by atoms with Crippen molar-refractivity contribution in [1.29, 1.82) is 5.26 Å². The fourth-order valence-electron chi connectivity index (χ4n) is 2.59. The Balaban J connectivity index is 2.10. The number of nitrogens with zero attached hydrogens (tertiary/aromatic N) is 3. The monoisotopic (exact) mass is 317 g/mol. The summed E-state index contributed by atoms with van der Waals surface area (Å²) in [6.45, 7) is 1.63. The molecule has 2 aromatic carbocycles. The first-order valence-electron chi connectivity index (χ1n) is 7.38. The van der Waals surface area contributed by atoms with Crippen LogP contribution < -0.4 is 5.56 Å². The Bertz CT molecular complexity index is 1070. The molecule has 3 rings (SSSR count). The number of pyridine rings is 1. The van der Waals surface area contributed by atoms with Crippen molar-refractivity contribution in [3.05, 3.63) is 69.5 Å². The second-order valence-corrected chi connectivity index (χ2v) is 5.50. The molecule has 0 aliphatic heterocycles. The number of aliphatic imine (C=N–C) groups is 1. The molecule has 118 valence electrons. The van der Waals surface area contributed by atoms with E-state index in [0.717, 1.165) is 21.0 Å². The lowest BCUT2D eigenvalue weighted by molar-refractivity contribution is 0.421. The number of benzene rings is 2. The van der Waals surface area contributed by atoms with Crippen molar-refractivity contribution >= 4 is 22.7 Å². The zero-order valence-corrected chi connectivity index (χ0v) is 13.3. The third-order valence-electron chi connectivity index (χ3n) is 4.04. The van der Waals surface area contributed by atoms with Gasteiger partial charge in [0.15, 0.2) is 0 Å². The summed E-state index contributed by atoms with van der Waals surface area (Å²) < 4.78 is 1.05. The van der Waals surface area contributed by atoms with Gasteiger partial charge in [-0.15, -0.1) is 0 Å². The van der Waals surface area contributed by atoms with Gasteiger partial charge in [-0.1, -0.05) is 30.3 Å². The van der Waals surface area contributed by atoms with Crippen LogP contribution in [0.15, 0.2) is 52.3 Å². The minimum Gasteiger partial charge on any atom is -0.494 e. The van der Waals surface area contributed by atoms with Gasteiger partial charge in [0.2, 0.25) is 5.88 Å². The highest BCUT2D eigenvalue weighted by Gasteiger charge is 2.15. The van der Waals surface area contributed by atoms with Crippen LogP contribution in [0.25, 0.3) is 10.8 Å². The Morgan fingerprint density at radius 3 is 2.62 bits per heavy atom. The molecule has 0 radical (unpaired) electrons. The lowest BCUT2D eigenvalue weighted by Gasteiger charge is -2.09. The maximum atomic E-state index is 12.0. The fraction of sp³-hybridized carbons (Fsp3) is 0.105. The van der Waals surface area contributed by atoms with Crippen LogP contribution in [0.4, 0.5) is 5.69 Å². The Kier molecular flexibility index (Phi) is 3.88.